The number of anilines is 1. The first-order valence-electron chi connectivity index (χ1n) is 9.11. The van der Waals surface area contributed by atoms with Gasteiger partial charge in [0.15, 0.2) is 6.61 Å². The van der Waals surface area contributed by atoms with E-state index in [2.05, 4.69) is 15.4 Å². The third kappa shape index (κ3) is 8.32. The van der Waals surface area contributed by atoms with Crippen molar-refractivity contribution in [3.8, 4) is 5.75 Å². The molecule has 0 bridgehead atoms. The standard InChI is InChI=1S/C20H25N3O5S/c1-3-21-19(24)14-28-18-10-8-17(9-11-18)23-20(25)16-6-4-15(5-7-16)12-13-22-29(2,26)27/h4-11,22H,3,12-14H2,1-2H3,(H,21,24)(H,23,25). The average Bonchev–Trinajstić information content (AvgIpc) is 2.67. The molecule has 0 saturated heterocycles. The fourth-order valence-electron chi connectivity index (χ4n) is 2.44. The molecule has 156 valence electrons. The van der Waals surface area contributed by atoms with E-state index in [0.29, 0.717) is 36.5 Å². The highest BCUT2D eigenvalue weighted by Crippen LogP contribution is 2.17. The Balaban J connectivity index is 1.85. The molecule has 0 atom stereocenters. The van der Waals surface area contributed by atoms with Gasteiger partial charge in [0.2, 0.25) is 10.0 Å². The van der Waals surface area contributed by atoms with E-state index in [4.69, 9.17) is 4.74 Å². The first-order valence-corrected chi connectivity index (χ1v) is 11.0. The lowest BCUT2D eigenvalue weighted by atomic mass is 10.1. The second kappa shape index (κ2) is 10.6. The third-order valence-corrected chi connectivity index (χ3v) is 4.58. The molecule has 2 rings (SSSR count). The van der Waals surface area contributed by atoms with Crippen molar-refractivity contribution in [1.82, 2.24) is 10.0 Å². The Morgan fingerprint density at radius 3 is 2.24 bits per heavy atom. The quantitative estimate of drug-likeness (QED) is 0.541. The molecule has 0 heterocycles. The molecule has 0 unspecified atom stereocenters. The summed E-state index contributed by atoms with van der Waals surface area (Å²) < 4.78 is 29.9. The van der Waals surface area contributed by atoms with E-state index in [1.54, 1.807) is 48.5 Å². The number of sulfonamides is 1. The van der Waals surface area contributed by atoms with Crippen LogP contribution in [0.25, 0.3) is 0 Å². The lowest BCUT2D eigenvalue weighted by molar-refractivity contribution is -0.122. The highest BCUT2D eigenvalue weighted by Gasteiger charge is 2.07. The van der Waals surface area contributed by atoms with E-state index in [1.165, 1.54) is 0 Å². The van der Waals surface area contributed by atoms with Gasteiger partial charge in [-0.05, 0) is 55.3 Å². The van der Waals surface area contributed by atoms with Gasteiger partial charge in [-0.15, -0.1) is 0 Å². The summed E-state index contributed by atoms with van der Waals surface area (Å²) in [6, 6.07) is 13.7. The second-order valence-corrected chi connectivity index (χ2v) is 8.17. The van der Waals surface area contributed by atoms with E-state index in [0.717, 1.165) is 11.8 Å². The molecule has 0 aliphatic heterocycles. The molecule has 0 aliphatic carbocycles. The molecule has 0 spiro atoms. The maximum absolute atomic E-state index is 12.4. The van der Waals surface area contributed by atoms with Gasteiger partial charge in [0, 0.05) is 24.3 Å². The number of hydrogen-bond acceptors (Lipinski definition) is 5. The van der Waals surface area contributed by atoms with Gasteiger partial charge in [-0.2, -0.15) is 0 Å². The Morgan fingerprint density at radius 1 is 1.00 bits per heavy atom. The second-order valence-electron chi connectivity index (χ2n) is 6.33. The summed E-state index contributed by atoms with van der Waals surface area (Å²) in [4.78, 5) is 23.7. The van der Waals surface area contributed by atoms with Gasteiger partial charge in [-0.3, -0.25) is 9.59 Å². The van der Waals surface area contributed by atoms with E-state index in [9.17, 15) is 18.0 Å². The van der Waals surface area contributed by atoms with Gasteiger partial charge >= 0.3 is 0 Å². The molecule has 3 N–H and O–H groups in total. The van der Waals surface area contributed by atoms with Crippen LogP contribution in [0.4, 0.5) is 5.69 Å². The molecule has 2 aromatic rings. The van der Waals surface area contributed by atoms with Crippen LogP contribution in [0, 0.1) is 0 Å². The maximum atomic E-state index is 12.4. The summed E-state index contributed by atoms with van der Waals surface area (Å²) in [7, 11) is -3.21. The molecule has 0 fully saturated rings. The van der Waals surface area contributed by atoms with Gasteiger partial charge in [-0.1, -0.05) is 12.1 Å². The SMILES string of the molecule is CCNC(=O)COc1ccc(NC(=O)c2ccc(CCNS(C)(=O)=O)cc2)cc1. The zero-order valence-electron chi connectivity index (χ0n) is 16.4. The number of likely N-dealkylation sites (N-methyl/N-ethyl adjacent to an activating group) is 1. The number of benzene rings is 2. The lowest BCUT2D eigenvalue weighted by Crippen LogP contribution is -2.28. The van der Waals surface area contributed by atoms with Crippen molar-refractivity contribution in [2.24, 2.45) is 0 Å². The summed E-state index contributed by atoms with van der Waals surface area (Å²) in [5.74, 6) is 0.0727. The minimum Gasteiger partial charge on any atom is -0.484 e. The fourth-order valence-corrected chi connectivity index (χ4v) is 2.91. The van der Waals surface area contributed by atoms with Crippen molar-refractivity contribution in [3.63, 3.8) is 0 Å². The van der Waals surface area contributed by atoms with Gasteiger partial charge in [-0.25, -0.2) is 13.1 Å². The monoisotopic (exact) mass is 419 g/mol. The van der Waals surface area contributed by atoms with Gasteiger partial charge < -0.3 is 15.4 Å². The van der Waals surface area contributed by atoms with Gasteiger partial charge in [0.1, 0.15) is 5.75 Å². The zero-order valence-corrected chi connectivity index (χ0v) is 17.2. The van der Waals surface area contributed by atoms with Crippen LogP contribution in [-0.2, 0) is 21.2 Å². The minimum absolute atomic E-state index is 0.0639. The largest absolute Gasteiger partial charge is 0.484 e. The predicted molar refractivity (Wildman–Crippen MR) is 112 cm³/mol. The summed E-state index contributed by atoms with van der Waals surface area (Å²) in [6.07, 6.45) is 1.65. The predicted octanol–water partition coefficient (Wildman–Crippen LogP) is 1.55. The van der Waals surface area contributed by atoms with Crippen molar-refractivity contribution < 1.29 is 22.7 Å². The Morgan fingerprint density at radius 2 is 1.66 bits per heavy atom. The summed E-state index contributed by atoms with van der Waals surface area (Å²) in [5, 5.41) is 5.43. The van der Waals surface area contributed by atoms with E-state index < -0.39 is 10.0 Å². The molecular weight excluding hydrogens is 394 g/mol. The van der Waals surface area contributed by atoms with E-state index in [1.807, 2.05) is 6.92 Å². The zero-order chi connectivity index (χ0) is 21.3. The first kappa shape index (κ1) is 22.4. The van der Waals surface area contributed by atoms with Crippen LogP contribution in [0.5, 0.6) is 5.75 Å². The number of carbonyl (C=O) groups excluding carboxylic acids is 2. The lowest BCUT2D eigenvalue weighted by Gasteiger charge is -2.09. The molecule has 0 radical (unpaired) electrons. The molecule has 0 aromatic heterocycles. The molecule has 9 heteroatoms. The Hall–Kier alpha value is -2.91. The number of ether oxygens (including phenoxy) is 1. The van der Waals surface area contributed by atoms with Crippen molar-refractivity contribution in [2.45, 2.75) is 13.3 Å². The Labute approximate surface area is 170 Å². The number of rotatable bonds is 10. The fraction of sp³-hybridized carbons (Fsp3) is 0.300. The summed E-state index contributed by atoms with van der Waals surface area (Å²) in [5.41, 5.74) is 2.01. The number of nitrogens with one attached hydrogen (secondary N) is 3. The molecule has 29 heavy (non-hydrogen) atoms. The highest BCUT2D eigenvalue weighted by atomic mass is 32.2. The van der Waals surface area contributed by atoms with Gasteiger partial charge in [0.25, 0.3) is 11.8 Å². The van der Waals surface area contributed by atoms with Crippen LogP contribution in [0.1, 0.15) is 22.8 Å². The van der Waals surface area contributed by atoms with Crippen molar-refractivity contribution >= 4 is 27.5 Å². The van der Waals surface area contributed by atoms with E-state index in [-0.39, 0.29) is 18.4 Å². The summed E-state index contributed by atoms with van der Waals surface area (Å²) in [6.45, 7) is 2.62. The topological polar surface area (TPSA) is 114 Å². The van der Waals surface area contributed by atoms with Crippen LogP contribution in [0.15, 0.2) is 48.5 Å². The molecule has 0 aliphatic rings. The Kier molecular flexibility index (Phi) is 8.17. The maximum Gasteiger partial charge on any atom is 0.257 e. The molecule has 2 aromatic carbocycles. The van der Waals surface area contributed by atoms with Crippen LogP contribution in [0.2, 0.25) is 0 Å². The molecule has 8 nitrogen and oxygen atoms in total. The van der Waals surface area contributed by atoms with Crippen LogP contribution >= 0.6 is 0 Å². The van der Waals surface area contributed by atoms with E-state index >= 15 is 0 Å². The van der Waals surface area contributed by atoms with Crippen molar-refractivity contribution in [2.75, 3.05) is 31.3 Å². The Bertz CT molecular complexity index is 926. The molecular formula is C20H25N3O5S. The normalized spacial score (nSPS) is 11.0. The number of carbonyl (C=O) groups is 2. The highest BCUT2D eigenvalue weighted by molar-refractivity contribution is 7.88. The number of amides is 2. The third-order valence-electron chi connectivity index (χ3n) is 3.85. The minimum atomic E-state index is -3.21. The van der Waals surface area contributed by atoms with Crippen LogP contribution in [0.3, 0.4) is 0 Å². The van der Waals surface area contributed by atoms with Crippen LogP contribution in [-0.4, -0.2) is 46.2 Å². The van der Waals surface area contributed by atoms with Gasteiger partial charge in [0.05, 0.1) is 6.26 Å². The van der Waals surface area contributed by atoms with Crippen molar-refractivity contribution in [3.05, 3.63) is 59.7 Å². The average molecular weight is 420 g/mol. The molecule has 2 amide bonds. The van der Waals surface area contributed by atoms with Crippen LogP contribution < -0.4 is 20.1 Å². The first-order chi connectivity index (χ1) is 13.8. The summed E-state index contributed by atoms with van der Waals surface area (Å²) >= 11 is 0. The smallest absolute Gasteiger partial charge is 0.257 e. The number of hydrogen-bond donors (Lipinski definition) is 3. The molecule has 0 saturated carbocycles. The van der Waals surface area contributed by atoms with Crippen molar-refractivity contribution in [1.29, 1.82) is 0 Å².